The van der Waals surface area contributed by atoms with Crippen LogP contribution in [0.5, 0.6) is 0 Å². The molecule has 0 atom stereocenters. The zero-order valence-electron chi connectivity index (χ0n) is 10.9. The minimum atomic E-state index is -0.814. The zero-order valence-corrected chi connectivity index (χ0v) is 10.9. The molecule has 0 radical (unpaired) electrons. The fourth-order valence-corrected chi connectivity index (χ4v) is 2.50. The molecule has 0 unspecified atom stereocenters. The Kier molecular flexibility index (Phi) is 4.73. The first-order chi connectivity index (χ1) is 8.12. The number of nitrogens with zero attached hydrogens (tertiary/aromatic N) is 2. The molecule has 1 aromatic rings. The van der Waals surface area contributed by atoms with Gasteiger partial charge < -0.3 is 9.67 Å². The number of carboxylic acid groups (broad SMARTS) is 1. The van der Waals surface area contributed by atoms with Crippen molar-refractivity contribution in [3.05, 3.63) is 18.2 Å². The number of aromatic nitrogens is 2. The minimum Gasteiger partial charge on any atom is -0.479 e. The van der Waals surface area contributed by atoms with Crippen LogP contribution in [-0.2, 0) is 16.8 Å². The predicted molar refractivity (Wildman–Crippen MR) is 67.0 cm³/mol. The molecular weight excluding hydrogens is 216 g/mol. The van der Waals surface area contributed by atoms with Crippen molar-refractivity contribution in [2.45, 2.75) is 58.4 Å². The molecule has 0 aromatic carbocycles. The van der Waals surface area contributed by atoms with Crippen LogP contribution < -0.4 is 0 Å². The Morgan fingerprint density at radius 1 is 1.35 bits per heavy atom. The van der Waals surface area contributed by atoms with Gasteiger partial charge in [0.25, 0.3) is 0 Å². The van der Waals surface area contributed by atoms with Gasteiger partial charge in [0.05, 0.1) is 0 Å². The molecule has 0 fully saturated rings. The minimum absolute atomic E-state index is 0.652. The third-order valence-electron chi connectivity index (χ3n) is 3.22. The van der Waals surface area contributed by atoms with Crippen LogP contribution in [0, 0.1) is 0 Å². The predicted octanol–water partition coefficient (Wildman–Crippen LogP) is 2.83. The van der Waals surface area contributed by atoms with E-state index in [1.807, 2.05) is 25.3 Å². The van der Waals surface area contributed by atoms with Crippen molar-refractivity contribution in [1.82, 2.24) is 9.55 Å². The van der Waals surface area contributed by atoms with E-state index < -0.39 is 11.5 Å². The van der Waals surface area contributed by atoms with Crippen molar-refractivity contribution in [2.24, 2.45) is 0 Å². The second kappa shape index (κ2) is 5.84. The number of imidazole rings is 1. The molecule has 0 aliphatic rings. The van der Waals surface area contributed by atoms with Crippen molar-refractivity contribution in [1.29, 1.82) is 0 Å². The van der Waals surface area contributed by atoms with E-state index >= 15 is 0 Å². The SMILES string of the molecule is CCCC(CCC)(C(=O)O)n1ccnc1CC. The van der Waals surface area contributed by atoms with E-state index in [4.69, 9.17) is 0 Å². The van der Waals surface area contributed by atoms with Gasteiger partial charge in [-0.1, -0.05) is 33.6 Å². The van der Waals surface area contributed by atoms with E-state index in [9.17, 15) is 9.90 Å². The van der Waals surface area contributed by atoms with Crippen LogP contribution in [0.3, 0.4) is 0 Å². The summed E-state index contributed by atoms with van der Waals surface area (Å²) in [6.45, 7) is 6.05. The van der Waals surface area contributed by atoms with E-state index in [0.29, 0.717) is 12.8 Å². The lowest BCUT2D eigenvalue weighted by atomic mass is 9.88. The van der Waals surface area contributed by atoms with Gasteiger partial charge >= 0.3 is 5.97 Å². The lowest BCUT2D eigenvalue weighted by molar-refractivity contribution is -0.148. The van der Waals surface area contributed by atoms with E-state index in [0.717, 1.165) is 25.1 Å². The zero-order chi connectivity index (χ0) is 12.9. The molecule has 17 heavy (non-hydrogen) atoms. The molecule has 1 heterocycles. The fraction of sp³-hybridized carbons (Fsp3) is 0.692. The Balaban J connectivity index is 3.24. The summed E-state index contributed by atoms with van der Waals surface area (Å²) in [5.41, 5.74) is -0.814. The molecule has 0 saturated carbocycles. The van der Waals surface area contributed by atoms with Gasteiger partial charge in [0.15, 0.2) is 0 Å². The van der Waals surface area contributed by atoms with Gasteiger partial charge in [-0.2, -0.15) is 0 Å². The third-order valence-corrected chi connectivity index (χ3v) is 3.22. The molecule has 4 nitrogen and oxygen atoms in total. The monoisotopic (exact) mass is 238 g/mol. The van der Waals surface area contributed by atoms with Crippen LogP contribution in [-0.4, -0.2) is 20.6 Å². The highest BCUT2D eigenvalue weighted by Gasteiger charge is 2.39. The Morgan fingerprint density at radius 2 is 1.94 bits per heavy atom. The molecule has 0 aliphatic carbocycles. The van der Waals surface area contributed by atoms with Crippen LogP contribution in [0.1, 0.15) is 52.3 Å². The Hall–Kier alpha value is -1.32. The molecule has 1 rings (SSSR count). The average Bonchev–Trinajstić information content (AvgIpc) is 2.76. The number of hydrogen-bond donors (Lipinski definition) is 1. The molecule has 1 N–H and O–H groups in total. The van der Waals surface area contributed by atoms with Gasteiger partial charge in [-0.3, -0.25) is 0 Å². The van der Waals surface area contributed by atoms with Gasteiger partial charge in [0.1, 0.15) is 11.4 Å². The summed E-state index contributed by atoms with van der Waals surface area (Å²) in [5, 5.41) is 9.63. The Bertz CT molecular complexity index is 365. The Labute approximate surface area is 103 Å². The fourth-order valence-electron chi connectivity index (χ4n) is 2.50. The highest BCUT2D eigenvalue weighted by molar-refractivity contribution is 5.76. The smallest absolute Gasteiger partial charge is 0.329 e. The maximum atomic E-state index is 11.7. The summed E-state index contributed by atoms with van der Waals surface area (Å²) >= 11 is 0. The molecule has 0 saturated heterocycles. The maximum absolute atomic E-state index is 11.7. The largest absolute Gasteiger partial charge is 0.479 e. The van der Waals surface area contributed by atoms with Crippen LogP contribution >= 0.6 is 0 Å². The van der Waals surface area contributed by atoms with Gasteiger partial charge in [0, 0.05) is 18.8 Å². The summed E-state index contributed by atoms with van der Waals surface area (Å²) < 4.78 is 1.86. The second-order valence-electron chi connectivity index (χ2n) is 4.40. The first-order valence-electron chi connectivity index (χ1n) is 6.38. The van der Waals surface area contributed by atoms with Crippen LogP contribution in [0.4, 0.5) is 0 Å². The molecular formula is C13H22N2O2. The summed E-state index contributed by atoms with van der Waals surface area (Å²) in [6, 6.07) is 0. The molecule has 0 aliphatic heterocycles. The topological polar surface area (TPSA) is 55.1 Å². The van der Waals surface area contributed by atoms with E-state index in [1.165, 1.54) is 0 Å². The lowest BCUT2D eigenvalue weighted by Crippen LogP contribution is -2.42. The van der Waals surface area contributed by atoms with Gasteiger partial charge in [-0.25, -0.2) is 9.78 Å². The molecule has 4 heteroatoms. The lowest BCUT2D eigenvalue weighted by Gasteiger charge is -2.32. The summed E-state index contributed by atoms with van der Waals surface area (Å²) in [7, 11) is 0. The number of aliphatic carboxylic acids is 1. The van der Waals surface area contributed by atoms with E-state index in [1.54, 1.807) is 12.4 Å². The summed E-state index contributed by atoms with van der Waals surface area (Å²) in [5.74, 6) is 0.114. The third kappa shape index (κ3) is 2.51. The van der Waals surface area contributed by atoms with Crippen molar-refractivity contribution in [2.75, 3.05) is 0 Å². The maximum Gasteiger partial charge on any atom is 0.329 e. The van der Waals surface area contributed by atoms with Gasteiger partial charge in [-0.15, -0.1) is 0 Å². The summed E-state index contributed by atoms with van der Waals surface area (Å²) in [4.78, 5) is 16.0. The molecule has 1 aromatic heterocycles. The highest BCUT2D eigenvalue weighted by Crippen LogP contribution is 2.30. The van der Waals surface area contributed by atoms with E-state index in [2.05, 4.69) is 4.98 Å². The first-order valence-corrected chi connectivity index (χ1v) is 6.38. The second-order valence-corrected chi connectivity index (χ2v) is 4.40. The van der Waals surface area contributed by atoms with Gasteiger partial charge in [0.2, 0.25) is 0 Å². The molecule has 0 amide bonds. The van der Waals surface area contributed by atoms with Crippen LogP contribution in [0.15, 0.2) is 12.4 Å². The number of carboxylic acids is 1. The number of carbonyl (C=O) groups is 1. The van der Waals surface area contributed by atoms with Crippen molar-refractivity contribution in [3.63, 3.8) is 0 Å². The summed E-state index contributed by atoms with van der Waals surface area (Å²) in [6.07, 6.45) is 7.27. The van der Waals surface area contributed by atoms with Crippen molar-refractivity contribution < 1.29 is 9.90 Å². The average molecular weight is 238 g/mol. The van der Waals surface area contributed by atoms with Crippen molar-refractivity contribution >= 4 is 5.97 Å². The first kappa shape index (κ1) is 13.7. The van der Waals surface area contributed by atoms with E-state index in [-0.39, 0.29) is 0 Å². The number of aryl methyl sites for hydroxylation is 1. The molecule has 0 spiro atoms. The molecule has 96 valence electrons. The quantitative estimate of drug-likeness (QED) is 0.794. The molecule has 0 bridgehead atoms. The van der Waals surface area contributed by atoms with Crippen LogP contribution in [0.2, 0.25) is 0 Å². The standard InChI is InChI=1S/C13H22N2O2/c1-4-7-13(8-5-2,12(16)17)15-10-9-14-11(15)6-3/h9-10H,4-8H2,1-3H3,(H,16,17). The van der Waals surface area contributed by atoms with Crippen molar-refractivity contribution in [3.8, 4) is 0 Å². The number of rotatable bonds is 7. The van der Waals surface area contributed by atoms with Crippen LogP contribution in [0.25, 0.3) is 0 Å². The number of hydrogen-bond acceptors (Lipinski definition) is 2. The normalized spacial score (nSPS) is 11.7. The highest BCUT2D eigenvalue weighted by atomic mass is 16.4. The van der Waals surface area contributed by atoms with Gasteiger partial charge in [-0.05, 0) is 12.8 Å². The Morgan fingerprint density at radius 3 is 2.35 bits per heavy atom.